The van der Waals surface area contributed by atoms with Crippen molar-refractivity contribution in [2.45, 2.75) is 12.0 Å². The largest absolute Gasteiger partial charge is 0.486 e. The molecular formula is C16H15Cl2NO2. The van der Waals surface area contributed by atoms with E-state index in [-0.39, 0.29) is 12.0 Å². The number of fused-ring (bicyclic) bond motifs is 1. The topological polar surface area (TPSA) is 44.5 Å². The monoisotopic (exact) mass is 323 g/mol. The molecule has 2 atom stereocenters. The van der Waals surface area contributed by atoms with Crippen molar-refractivity contribution in [3.8, 4) is 0 Å². The number of nitrogens with two attached hydrogens (primary N) is 1. The van der Waals surface area contributed by atoms with Gasteiger partial charge in [-0.3, -0.25) is 0 Å². The summed E-state index contributed by atoms with van der Waals surface area (Å²) >= 11 is 12.4. The van der Waals surface area contributed by atoms with Crippen LogP contribution < -0.4 is 5.73 Å². The van der Waals surface area contributed by atoms with Crippen LogP contribution in [0.15, 0.2) is 54.0 Å². The van der Waals surface area contributed by atoms with E-state index in [0.717, 1.165) is 11.3 Å². The highest BCUT2D eigenvalue weighted by molar-refractivity contribution is 6.33. The first kappa shape index (κ1) is 14.5. The van der Waals surface area contributed by atoms with Gasteiger partial charge < -0.3 is 15.2 Å². The van der Waals surface area contributed by atoms with Crippen LogP contribution in [0, 0.1) is 0 Å². The fourth-order valence-electron chi connectivity index (χ4n) is 2.34. The number of hydrogen-bond donors (Lipinski definition) is 1. The normalized spacial score (nSPS) is 24.1. The molecule has 1 aliphatic heterocycles. The first-order chi connectivity index (χ1) is 10.2. The molecule has 1 aromatic carbocycles. The zero-order chi connectivity index (χ0) is 14.8. The van der Waals surface area contributed by atoms with Gasteiger partial charge in [-0.05, 0) is 35.9 Å². The van der Waals surface area contributed by atoms with E-state index >= 15 is 0 Å². The van der Waals surface area contributed by atoms with Crippen LogP contribution in [0.1, 0.15) is 11.5 Å². The molecule has 1 fully saturated rings. The molecule has 0 bridgehead atoms. The maximum absolute atomic E-state index is 6.28. The lowest BCUT2D eigenvalue weighted by atomic mass is 9.98. The van der Waals surface area contributed by atoms with E-state index in [1.165, 1.54) is 0 Å². The lowest BCUT2D eigenvalue weighted by Crippen LogP contribution is -2.32. The van der Waals surface area contributed by atoms with E-state index < -0.39 is 0 Å². The van der Waals surface area contributed by atoms with Gasteiger partial charge in [0.2, 0.25) is 0 Å². The van der Waals surface area contributed by atoms with Crippen molar-refractivity contribution in [1.82, 2.24) is 0 Å². The number of ether oxygens (including phenoxy) is 2. The summed E-state index contributed by atoms with van der Waals surface area (Å²) < 4.78 is 11.5. The number of allylic oxidation sites excluding steroid dienone is 4. The van der Waals surface area contributed by atoms with E-state index in [2.05, 4.69) is 0 Å². The lowest BCUT2D eigenvalue weighted by Gasteiger charge is -2.27. The molecule has 110 valence electrons. The van der Waals surface area contributed by atoms with E-state index in [9.17, 15) is 0 Å². The molecule has 3 rings (SSSR count). The van der Waals surface area contributed by atoms with Gasteiger partial charge in [-0.25, -0.2) is 0 Å². The number of hydrogen-bond acceptors (Lipinski definition) is 3. The summed E-state index contributed by atoms with van der Waals surface area (Å²) in [4.78, 5) is 0. The van der Waals surface area contributed by atoms with E-state index in [1.54, 1.807) is 12.1 Å². The molecule has 0 radical (unpaired) electrons. The molecule has 1 aliphatic carbocycles. The van der Waals surface area contributed by atoms with Gasteiger partial charge in [0.05, 0.1) is 0 Å². The highest BCUT2D eigenvalue weighted by Crippen LogP contribution is 2.34. The number of benzene rings is 1. The molecule has 3 nitrogen and oxygen atoms in total. The van der Waals surface area contributed by atoms with Crippen molar-refractivity contribution < 1.29 is 9.47 Å². The second-order valence-electron chi connectivity index (χ2n) is 4.92. The maximum atomic E-state index is 6.28. The number of halogens is 2. The molecule has 1 saturated heterocycles. The molecule has 5 heteroatoms. The molecule has 2 unspecified atom stereocenters. The summed E-state index contributed by atoms with van der Waals surface area (Å²) in [5.41, 5.74) is 6.58. The Labute approximate surface area is 133 Å². The second kappa shape index (κ2) is 6.14. The summed E-state index contributed by atoms with van der Waals surface area (Å²) in [5, 5.41) is 1.32. The fourth-order valence-corrected chi connectivity index (χ4v) is 2.76. The first-order valence-corrected chi connectivity index (χ1v) is 7.48. The molecule has 0 aromatic heterocycles. The second-order valence-corrected chi connectivity index (χ2v) is 5.77. The quantitative estimate of drug-likeness (QED) is 0.900. The Bertz CT molecular complexity index is 637. The van der Waals surface area contributed by atoms with Crippen LogP contribution in [0.5, 0.6) is 0 Å². The Morgan fingerprint density at radius 3 is 2.90 bits per heavy atom. The van der Waals surface area contributed by atoms with Crippen LogP contribution in [0.25, 0.3) is 0 Å². The zero-order valence-corrected chi connectivity index (χ0v) is 12.8. The van der Waals surface area contributed by atoms with Gasteiger partial charge in [-0.15, -0.1) is 0 Å². The minimum atomic E-state index is -0.123. The van der Waals surface area contributed by atoms with Gasteiger partial charge in [0.15, 0.2) is 11.5 Å². The van der Waals surface area contributed by atoms with Crippen molar-refractivity contribution >= 4 is 23.2 Å². The Morgan fingerprint density at radius 2 is 2.10 bits per heavy atom. The molecule has 21 heavy (non-hydrogen) atoms. The Hall–Kier alpha value is -1.42. The van der Waals surface area contributed by atoms with Crippen molar-refractivity contribution in [2.75, 3.05) is 13.2 Å². The predicted molar refractivity (Wildman–Crippen MR) is 84.4 cm³/mol. The molecule has 0 spiro atoms. The molecular weight excluding hydrogens is 309 g/mol. The summed E-state index contributed by atoms with van der Waals surface area (Å²) in [6.45, 7) is 0.886. The van der Waals surface area contributed by atoms with Crippen molar-refractivity contribution in [1.29, 1.82) is 0 Å². The summed E-state index contributed by atoms with van der Waals surface area (Å²) in [5.74, 6) is 1.39. The van der Waals surface area contributed by atoms with Crippen LogP contribution in [0.4, 0.5) is 0 Å². The number of rotatable bonds is 2. The van der Waals surface area contributed by atoms with Gasteiger partial charge >= 0.3 is 0 Å². The third-order valence-electron chi connectivity index (χ3n) is 3.44. The van der Waals surface area contributed by atoms with Gasteiger partial charge in [-0.2, -0.15) is 0 Å². The van der Waals surface area contributed by atoms with Crippen molar-refractivity contribution in [3.63, 3.8) is 0 Å². The molecule has 2 aliphatic rings. The Morgan fingerprint density at radius 1 is 1.24 bits per heavy atom. The van der Waals surface area contributed by atoms with E-state index in [0.29, 0.717) is 29.0 Å². The lowest BCUT2D eigenvalue weighted by molar-refractivity contribution is -0.00207. The van der Waals surface area contributed by atoms with E-state index in [4.69, 9.17) is 38.4 Å². The third-order valence-corrected chi connectivity index (χ3v) is 4.02. The van der Waals surface area contributed by atoms with E-state index in [1.807, 2.05) is 30.4 Å². The van der Waals surface area contributed by atoms with Crippen LogP contribution in [0.3, 0.4) is 0 Å². The smallest absolute Gasteiger partial charge is 0.161 e. The predicted octanol–water partition coefficient (Wildman–Crippen LogP) is 3.79. The fraction of sp³-hybridized carbons (Fsp3) is 0.250. The standard InChI is InChI=1S/C16H15Cl2NO2/c17-11-4-5-14(18)13(7-11)10-2-1-3-15-16(6-10)21-12(8-19)9-20-15/h1-7,10,12H,8-9,19H2. The molecule has 0 amide bonds. The van der Waals surface area contributed by atoms with Crippen molar-refractivity contribution in [2.24, 2.45) is 5.73 Å². The average molecular weight is 324 g/mol. The van der Waals surface area contributed by atoms with Crippen LogP contribution in [0.2, 0.25) is 10.0 Å². The van der Waals surface area contributed by atoms with Crippen LogP contribution in [-0.2, 0) is 9.47 Å². The Kier molecular flexibility index (Phi) is 4.24. The summed E-state index contributed by atoms with van der Waals surface area (Å²) in [6.07, 6.45) is 7.71. The van der Waals surface area contributed by atoms with Crippen molar-refractivity contribution in [3.05, 3.63) is 69.6 Å². The highest BCUT2D eigenvalue weighted by atomic mass is 35.5. The van der Waals surface area contributed by atoms with Gasteiger partial charge in [0.25, 0.3) is 0 Å². The minimum absolute atomic E-state index is 0.0277. The first-order valence-electron chi connectivity index (χ1n) is 6.72. The van der Waals surface area contributed by atoms with Gasteiger partial charge in [0.1, 0.15) is 12.7 Å². The summed E-state index contributed by atoms with van der Waals surface area (Å²) in [6, 6.07) is 5.44. The summed E-state index contributed by atoms with van der Waals surface area (Å²) in [7, 11) is 0. The SMILES string of the molecule is NCC1COC2=CC=CC(c3cc(Cl)ccc3Cl)C=C2O1. The highest BCUT2D eigenvalue weighted by Gasteiger charge is 2.25. The van der Waals surface area contributed by atoms with Gasteiger partial charge in [0, 0.05) is 22.5 Å². The molecule has 2 N–H and O–H groups in total. The molecule has 1 heterocycles. The zero-order valence-electron chi connectivity index (χ0n) is 11.3. The maximum Gasteiger partial charge on any atom is 0.161 e. The van der Waals surface area contributed by atoms with Crippen LogP contribution in [-0.4, -0.2) is 19.3 Å². The molecule has 0 saturated carbocycles. The minimum Gasteiger partial charge on any atom is -0.486 e. The van der Waals surface area contributed by atoms with Gasteiger partial charge in [-0.1, -0.05) is 35.4 Å². The van der Waals surface area contributed by atoms with Crippen LogP contribution >= 0.6 is 23.2 Å². The third kappa shape index (κ3) is 3.10. The Balaban J connectivity index is 1.96. The molecule has 1 aromatic rings. The average Bonchev–Trinajstić information content (AvgIpc) is 2.71.